The Morgan fingerprint density at radius 2 is 2.12 bits per heavy atom. The number of rotatable bonds is 7. The Balaban J connectivity index is 2.54. The Hall–Kier alpha value is -2.61. The largest absolute Gasteiger partial charge is 0.502 e. The summed E-state index contributed by atoms with van der Waals surface area (Å²) in [7, 11) is 2.74. The van der Waals surface area contributed by atoms with E-state index < -0.39 is 23.1 Å². The highest BCUT2D eigenvalue weighted by Crippen LogP contribution is 2.33. The molecule has 0 bridgehead atoms. The van der Waals surface area contributed by atoms with Crippen molar-refractivity contribution in [2.24, 2.45) is 0 Å². The monoisotopic (exact) mass is 350 g/mol. The van der Waals surface area contributed by atoms with E-state index in [1.165, 1.54) is 14.2 Å². The lowest BCUT2D eigenvalue weighted by atomic mass is 9.94. The fraction of sp³-hybridized carbons (Fsp3) is 0.471. The zero-order chi connectivity index (χ0) is 18.6. The Morgan fingerprint density at radius 1 is 1.40 bits per heavy atom. The Morgan fingerprint density at radius 3 is 2.68 bits per heavy atom. The lowest BCUT2D eigenvalue weighted by molar-refractivity contribution is -0.140. The van der Waals surface area contributed by atoms with Crippen molar-refractivity contribution in [3.05, 3.63) is 45.8 Å². The lowest BCUT2D eigenvalue weighted by Crippen LogP contribution is -2.14. The average molecular weight is 350 g/mol. The molecule has 2 rings (SSSR count). The third kappa shape index (κ3) is 4.27. The van der Waals surface area contributed by atoms with Gasteiger partial charge in [-0.05, 0) is 13.8 Å². The highest BCUT2D eigenvalue weighted by Gasteiger charge is 2.27. The van der Waals surface area contributed by atoms with Crippen molar-refractivity contribution in [3.63, 3.8) is 0 Å². The van der Waals surface area contributed by atoms with Crippen molar-refractivity contribution < 1.29 is 23.8 Å². The van der Waals surface area contributed by atoms with Gasteiger partial charge in [-0.25, -0.2) is 0 Å². The van der Waals surface area contributed by atoms with Gasteiger partial charge in [0.15, 0.2) is 5.76 Å². The molecule has 0 aromatic carbocycles. The first kappa shape index (κ1) is 18.7. The molecule has 8 heteroatoms. The van der Waals surface area contributed by atoms with E-state index in [-0.39, 0.29) is 30.6 Å². The van der Waals surface area contributed by atoms with E-state index in [0.29, 0.717) is 5.56 Å². The minimum absolute atomic E-state index is 0.00624. The molecule has 0 aliphatic rings. The third-order valence-corrected chi connectivity index (χ3v) is 3.75. The van der Waals surface area contributed by atoms with E-state index in [4.69, 9.17) is 13.9 Å². The topological polar surface area (TPSA) is 104 Å². The van der Waals surface area contributed by atoms with Gasteiger partial charge in [0.05, 0.1) is 25.6 Å². The fourth-order valence-corrected chi connectivity index (χ4v) is 2.43. The van der Waals surface area contributed by atoms with Crippen molar-refractivity contribution in [1.29, 1.82) is 0 Å². The maximum atomic E-state index is 12.0. The highest BCUT2D eigenvalue weighted by atomic mass is 16.5. The summed E-state index contributed by atoms with van der Waals surface area (Å²) in [5, 5.41) is 14.4. The Labute approximate surface area is 145 Å². The van der Waals surface area contributed by atoms with Gasteiger partial charge in [-0.3, -0.25) is 14.3 Å². The number of hydrogen-bond donors (Lipinski definition) is 1. The fourth-order valence-electron chi connectivity index (χ4n) is 2.43. The summed E-state index contributed by atoms with van der Waals surface area (Å²) < 4.78 is 17.1. The Bertz CT molecular complexity index is 793. The van der Waals surface area contributed by atoms with Gasteiger partial charge in [0.1, 0.15) is 12.4 Å². The number of esters is 1. The summed E-state index contributed by atoms with van der Waals surface area (Å²) >= 11 is 0. The lowest BCUT2D eigenvalue weighted by Gasteiger charge is -2.15. The summed E-state index contributed by atoms with van der Waals surface area (Å²) in [4.78, 5) is 23.9. The molecule has 0 amide bonds. The molecule has 0 saturated heterocycles. The zero-order valence-corrected chi connectivity index (χ0v) is 14.7. The molecule has 0 fully saturated rings. The third-order valence-electron chi connectivity index (χ3n) is 3.75. The summed E-state index contributed by atoms with van der Waals surface area (Å²) in [5.74, 6) is -1.49. The SMILES string of the molecule is COCc1cc(=O)c(O)c([C@@H](CC(=O)OC)c2cnn(C(C)C)c2)o1. The predicted octanol–water partition coefficient (Wildman–Crippen LogP) is 1.96. The first-order valence-corrected chi connectivity index (χ1v) is 7.83. The molecule has 0 aliphatic carbocycles. The van der Waals surface area contributed by atoms with Crippen LogP contribution in [0.4, 0.5) is 0 Å². The number of hydrogen-bond acceptors (Lipinski definition) is 7. The highest BCUT2D eigenvalue weighted by molar-refractivity contribution is 5.71. The number of carbonyl (C=O) groups excluding carboxylic acids is 1. The molecule has 8 nitrogen and oxygen atoms in total. The van der Waals surface area contributed by atoms with Gasteiger partial charge in [0.25, 0.3) is 0 Å². The standard InChI is InChI=1S/C17H22N2O6/c1-10(2)19-8-11(7-18-19)13(6-15(21)24-4)17-16(22)14(20)5-12(25-17)9-23-3/h5,7-8,10,13,22H,6,9H2,1-4H3/t13-/m0/s1. The number of ether oxygens (including phenoxy) is 2. The van der Waals surface area contributed by atoms with Crippen molar-refractivity contribution in [1.82, 2.24) is 9.78 Å². The molecular formula is C17H22N2O6. The minimum Gasteiger partial charge on any atom is -0.502 e. The molecule has 136 valence electrons. The van der Waals surface area contributed by atoms with Gasteiger partial charge in [-0.2, -0.15) is 5.10 Å². The first-order chi connectivity index (χ1) is 11.9. The first-order valence-electron chi connectivity index (χ1n) is 7.83. The molecule has 2 aromatic rings. The van der Waals surface area contributed by atoms with Gasteiger partial charge in [-0.15, -0.1) is 0 Å². The van der Waals surface area contributed by atoms with Crippen molar-refractivity contribution in [3.8, 4) is 5.75 Å². The van der Waals surface area contributed by atoms with Crippen molar-refractivity contribution >= 4 is 5.97 Å². The smallest absolute Gasteiger partial charge is 0.306 e. The summed E-state index contributed by atoms with van der Waals surface area (Å²) in [6, 6.07) is 1.28. The molecule has 0 saturated carbocycles. The normalized spacial score (nSPS) is 12.4. The number of aromatic nitrogens is 2. The van der Waals surface area contributed by atoms with Crippen LogP contribution in [-0.4, -0.2) is 35.1 Å². The van der Waals surface area contributed by atoms with Crippen LogP contribution in [0.1, 0.15) is 49.3 Å². The molecule has 1 N–H and O–H groups in total. The second-order valence-electron chi connectivity index (χ2n) is 5.90. The van der Waals surface area contributed by atoms with Gasteiger partial charge < -0.3 is 19.0 Å². The quantitative estimate of drug-likeness (QED) is 0.761. The van der Waals surface area contributed by atoms with E-state index in [1.54, 1.807) is 17.1 Å². The molecule has 0 radical (unpaired) electrons. The average Bonchev–Trinajstić information content (AvgIpc) is 3.06. The van der Waals surface area contributed by atoms with Gasteiger partial charge in [-0.1, -0.05) is 0 Å². The number of aromatic hydroxyl groups is 1. The van der Waals surface area contributed by atoms with Gasteiger partial charge in [0, 0.05) is 31.0 Å². The van der Waals surface area contributed by atoms with Crippen LogP contribution in [0.3, 0.4) is 0 Å². The number of nitrogens with zero attached hydrogens (tertiary/aromatic N) is 2. The molecule has 1 atom stereocenters. The molecule has 0 unspecified atom stereocenters. The van der Waals surface area contributed by atoms with Gasteiger partial charge >= 0.3 is 5.97 Å². The number of carbonyl (C=O) groups is 1. The van der Waals surface area contributed by atoms with Crippen LogP contribution in [-0.2, 0) is 20.9 Å². The van der Waals surface area contributed by atoms with Crippen LogP contribution in [0.15, 0.2) is 27.7 Å². The van der Waals surface area contributed by atoms with E-state index in [9.17, 15) is 14.7 Å². The van der Waals surface area contributed by atoms with Crippen LogP contribution in [0, 0.1) is 0 Å². The van der Waals surface area contributed by atoms with E-state index in [1.807, 2.05) is 13.8 Å². The number of methoxy groups -OCH3 is 2. The minimum atomic E-state index is -0.704. The molecule has 25 heavy (non-hydrogen) atoms. The van der Waals surface area contributed by atoms with Crippen LogP contribution in [0.2, 0.25) is 0 Å². The van der Waals surface area contributed by atoms with E-state index in [0.717, 1.165) is 6.07 Å². The molecule has 2 heterocycles. The van der Waals surface area contributed by atoms with Crippen LogP contribution in [0.25, 0.3) is 0 Å². The van der Waals surface area contributed by atoms with Crippen LogP contribution in [0.5, 0.6) is 5.75 Å². The maximum absolute atomic E-state index is 12.0. The molecule has 0 aliphatic heterocycles. The summed E-state index contributed by atoms with van der Waals surface area (Å²) in [6.07, 6.45) is 3.23. The Kier molecular flexibility index (Phi) is 5.97. The molecule has 0 spiro atoms. The zero-order valence-electron chi connectivity index (χ0n) is 14.7. The second-order valence-corrected chi connectivity index (χ2v) is 5.90. The van der Waals surface area contributed by atoms with Crippen molar-refractivity contribution in [2.45, 2.75) is 38.8 Å². The van der Waals surface area contributed by atoms with Gasteiger partial charge in [0.2, 0.25) is 11.2 Å². The molecular weight excluding hydrogens is 328 g/mol. The molecule has 2 aromatic heterocycles. The second kappa shape index (κ2) is 7.98. The predicted molar refractivity (Wildman–Crippen MR) is 88.4 cm³/mol. The van der Waals surface area contributed by atoms with E-state index in [2.05, 4.69) is 5.10 Å². The van der Waals surface area contributed by atoms with Crippen molar-refractivity contribution in [2.75, 3.05) is 14.2 Å². The maximum Gasteiger partial charge on any atom is 0.306 e. The van der Waals surface area contributed by atoms with E-state index >= 15 is 0 Å². The van der Waals surface area contributed by atoms with Crippen LogP contribution < -0.4 is 5.43 Å². The van der Waals surface area contributed by atoms with Crippen LogP contribution >= 0.6 is 0 Å². The summed E-state index contributed by atoms with van der Waals surface area (Å²) in [6.45, 7) is 3.99. The summed E-state index contributed by atoms with van der Waals surface area (Å²) in [5.41, 5.74) is 0.0338.